The molecule has 1 heterocycles. The van der Waals surface area contributed by atoms with Gasteiger partial charge in [0.15, 0.2) is 0 Å². The second-order valence-electron chi connectivity index (χ2n) is 5.12. The molecule has 0 atom stereocenters. The van der Waals surface area contributed by atoms with Gasteiger partial charge in [0.2, 0.25) is 11.8 Å². The monoisotopic (exact) mass is 476 g/mol. The molecule has 0 saturated carbocycles. The van der Waals surface area contributed by atoms with Crippen LogP contribution in [0, 0.1) is 6.92 Å². The third-order valence-corrected chi connectivity index (χ3v) is 3.32. The van der Waals surface area contributed by atoms with Crippen molar-refractivity contribution >= 4 is 41.5 Å². The van der Waals surface area contributed by atoms with E-state index in [9.17, 15) is 0 Å². The molecule has 0 aliphatic rings. The average Bonchev–Trinajstić information content (AvgIpc) is 2.50. The third kappa shape index (κ3) is 6.35. The molecule has 10 heteroatoms. The summed E-state index contributed by atoms with van der Waals surface area (Å²) in [5, 5.41) is 10.9. The van der Waals surface area contributed by atoms with E-state index in [1.165, 1.54) is 0 Å². The molecule has 0 spiro atoms. The molecule has 0 amide bonds. The van der Waals surface area contributed by atoms with Gasteiger partial charge in [-0.05, 0) is 31.5 Å². The SMILES string of the molecule is C/C(=N\N=C(N)N)c1cccc(Nc2cc(C)[n+](C)c(N)n2)c1.Cl.[I-]. The highest BCUT2D eigenvalue weighted by atomic mass is 127. The number of aromatic nitrogens is 2. The maximum absolute atomic E-state index is 5.88. The number of halogens is 2. The molecular weight excluding hydrogens is 455 g/mol. The van der Waals surface area contributed by atoms with Crippen molar-refractivity contribution in [3.63, 3.8) is 0 Å². The molecule has 0 unspecified atom stereocenters. The van der Waals surface area contributed by atoms with Gasteiger partial charge in [-0.25, -0.2) is 4.57 Å². The molecular formula is C15H22ClIN8. The number of guanidine groups is 1. The van der Waals surface area contributed by atoms with Crippen molar-refractivity contribution in [3.05, 3.63) is 41.6 Å². The molecule has 2 rings (SSSR count). The van der Waals surface area contributed by atoms with E-state index < -0.39 is 0 Å². The molecule has 0 radical (unpaired) electrons. The number of nitrogens with one attached hydrogen (secondary N) is 1. The first kappa shape index (κ1) is 22.9. The predicted octanol–water partition coefficient (Wildman–Crippen LogP) is -2.04. The highest BCUT2D eigenvalue weighted by Crippen LogP contribution is 2.17. The van der Waals surface area contributed by atoms with Crippen molar-refractivity contribution < 1.29 is 28.5 Å². The number of benzene rings is 1. The molecule has 0 aliphatic carbocycles. The van der Waals surface area contributed by atoms with Crippen molar-refractivity contribution in [1.29, 1.82) is 0 Å². The zero-order valence-electron chi connectivity index (χ0n) is 14.2. The van der Waals surface area contributed by atoms with E-state index in [2.05, 4.69) is 20.5 Å². The van der Waals surface area contributed by atoms with E-state index in [1.54, 1.807) is 0 Å². The number of aryl methyl sites for hydroxylation is 1. The summed E-state index contributed by atoms with van der Waals surface area (Å²) >= 11 is 0. The summed E-state index contributed by atoms with van der Waals surface area (Å²) in [6.45, 7) is 3.79. The van der Waals surface area contributed by atoms with Crippen LogP contribution in [0.4, 0.5) is 17.5 Å². The molecule has 0 saturated heterocycles. The minimum Gasteiger partial charge on any atom is -1.00 e. The van der Waals surface area contributed by atoms with Gasteiger partial charge >= 0.3 is 5.95 Å². The lowest BCUT2D eigenvalue weighted by atomic mass is 10.1. The van der Waals surface area contributed by atoms with Crippen molar-refractivity contribution in [2.75, 3.05) is 11.1 Å². The van der Waals surface area contributed by atoms with Gasteiger partial charge in [0.25, 0.3) is 0 Å². The van der Waals surface area contributed by atoms with Crippen LogP contribution in [0.5, 0.6) is 0 Å². The summed E-state index contributed by atoms with van der Waals surface area (Å²) in [7, 11) is 1.87. The fourth-order valence-corrected chi connectivity index (χ4v) is 1.93. The van der Waals surface area contributed by atoms with E-state index >= 15 is 0 Å². The Hall–Kier alpha value is -2.14. The van der Waals surface area contributed by atoms with Crippen LogP contribution in [0.3, 0.4) is 0 Å². The summed E-state index contributed by atoms with van der Waals surface area (Å²) in [5.74, 6) is 1.04. The minimum atomic E-state index is -0.0778. The second kappa shape index (κ2) is 9.99. The van der Waals surface area contributed by atoms with Crippen LogP contribution < -0.4 is 51.1 Å². The highest BCUT2D eigenvalue weighted by molar-refractivity contribution is 5.99. The van der Waals surface area contributed by atoms with Gasteiger partial charge in [0.1, 0.15) is 0 Å². The van der Waals surface area contributed by atoms with E-state index in [1.807, 2.05) is 55.8 Å². The molecule has 0 bridgehead atoms. The van der Waals surface area contributed by atoms with E-state index in [0.29, 0.717) is 17.5 Å². The van der Waals surface area contributed by atoms with Gasteiger partial charge in [-0.3, -0.25) is 5.73 Å². The van der Waals surface area contributed by atoms with Crippen LogP contribution in [0.2, 0.25) is 0 Å². The molecule has 0 aliphatic heterocycles. The summed E-state index contributed by atoms with van der Waals surface area (Å²) in [6.07, 6.45) is 0. The lowest BCUT2D eigenvalue weighted by Crippen LogP contribution is -3.00. The molecule has 7 N–H and O–H groups in total. The Bertz CT molecular complexity index is 764. The summed E-state index contributed by atoms with van der Waals surface area (Å²) in [6, 6.07) is 9.61. The Morgan fingerprint density at radius 3 is 2.48 bits per heavy atom. The minimum absolute atomic E-state index is 0. The second-order valence-corrected chi connectivity index (χ2v) is 5.12. The standard InChI is InChI=1S/C15H20N8.ClH.HI/c1-9-7-13(20-15(18)23(9)3)19-12-6-4-5-11(8-12)10(2)21-22-14(16)17;;/h4-8H,1-3H3,(H6,16,17,18,19,20,22);2*1H/b21-10+;;. The maximum Gasteiger partial charge on any atom is 0.391 e. The van der Waals surface area contributed by atoms with Gasteiger partial charge in [0.05, 0.1) is 18.5 Å². The number of rotatable bonds is 4. The average molecular weight is 477 g/mol. The van der Waals surface area contributed by atoms with E-state index in [0.717, 1.165) is 16.9 Å². The van der Waals surface area contributed by atoms with Crippen molar-refractivity contribution in [2.45, 2.75) is 13.8 Å². The molecule has 25 heavy (non-hydrogen) atoms. The fraction of sp³-hybridized carbons (Fsp3) is 0.200. The topological polar surface area (TPSA) is 132 Å². The van der Waals surface area contributed by atoms with Crippen molar-refractivity contribution in [2.24, 2.45) is 28.7 Å². The van der Waals surface area contributed by atoms with Crippen LogP contribution in [-0.2, 0) is 7.05 Å². The molecule has 1 aromatic heterocycles. The van der Waals surface area contributed by atoms with Crippen LogP contribution in [-0.4, -0.2) is 16.7 Å². The van der Waals surface area contributed by atoms with Gasteiger partial charge < -0.3 is 40.8 Å². The lowest BCUT2D eigenvalue weighted by Gasteiger charge is -2.07. The third-order valence-electron chi connectivity index (χ3n) is 3.32. The predicted molar refractivity (Wildman–Crippen MR) is 99.6 cm³/mol. The largest absolute Gasteiger partial charge is 1.00 e. The number of nitrogen functional groups attached to an aromatic ring is 1. The van der Waals surface area contributed by atoms with Crippen molar-refractivity contribution in [1.82, 2.24) is 4.98 Å². The Morgan fingerprint density at radius 1 is 1.20 bits per heavy atom. The van der Waals surface area contributed by atoms with E-state index in [4.69, 9.17) is 17.2 Å². The number of nitrogens with zero attached hydrogens (tertiary/aromatic N) is 4. The Kier molecular flexibility index (Phi) is 9.13. The van der Waals surface area contributed by atoms with E-state index in [-0.39, 0.29) is 42.3 Å². The van der Waals surface area contributed by atoms with Gasteiger partial charge in [0, 0.05) is 11.8 Å². The summed E-state index contributed by atoms with van der Waals surface area (Å²) < 4.78 is 1.81. The van der Waals surface area contributed by atoms with Crippen molar-refractivity contribution in [3.8, 4) is 0 Å². The Morgan fingerprint density at radius 2 is 1.88 bits per heavy atom. The van der Waals surface area contributed by atoms with Crippen LogP contribution in [0.1, 0.15) is 18.2 Å². The zero-order valence-corrected chi connectivity index (χ0v) is 17.2. The Balaban J connectivity index is 0.00000288. The normalized spacial score (nSPS) is 10.3. The maximum atomic E-state index is 5.88. The zero-order chi connectivity index (χ0) is 17.0. The first-order valence-corrected chi connectivity index (χ1v) is 7.00. The first-order valence-electron chi connectivity index (χ1n) is 7.00. The molecule has 8 nitrogen and oxygen atoms in total. The summed E-state index contributed by atoms with van der Waals surface area (Å²) in [4.78, 5) is 4.31. The number of hydrogen-bond acceptors (Lipinski definition) is 5. The quantitative estimate of drug-likeness (QED) is 0.133. The van der Waals surface area contributed by atoms with Crippen LogP contribution in [0.25, 0.3) is 0 Å². The number of anilines is 3. The molecule has 2 aromatic rings. The fourth-order valence-electron chi connectivity index (χ4n) is 1.93. The summed E-state index contributed by atoms with van der Waals surface area (Å²) in [5.41, 5.74) is 19.9. The smallest absolute Gasteiger partial charge is 0.391 e. The first-order chi connectivity index (χ1) is 10.9. The number of nitrogens with two attached hydrogens (primary N) is 3. The van der Waals surface area contributed by atoms with Crippen LogP contribution in [0.15, 0.2) is 40.5 Å². The molecule has 0 fully saturated rings. The Labute approximate surface area is 170 Å². The molecule has 136 valence electrons. The molecule has 1 aromatic carbocycles. The van der Waals surface area contributed by atoms with Crippen LogP contribution >= 0.6 is 12.4 Å². The lowest BCUT2D eigenvalue weighted by molar-refractivity contribution is -0.665. The number of hydrogen-bond donors (Lipinski definition) is 4. The van der Waals surface area contributed by atoms with Gasteiger partial charge in [-0.1, -0.05) is 17.1 Å². The van der Waals surface area contributed by atoms with Gasteiger partial charge in [-0.2, -0.15) is 5.10 Å². The van der Waals surface area contributed by atoms with Gasteiger partial charge in [-0.15, -0.1) is 17.5 Å². The highest BCUT2D eigenvalue weighted by Gasteiger charge is 2.10.